The van der Waals surface area contributed by atoms with Gasteiger partial charge in [-0.15, -0.1) is 0 Å². The van der Waals surface area contributed by atoms with Gasteiger partial charge < -0.3 is 15.3 Å². The fraction of sp³-hybridized carbons (Fsp3) is 0.440. The Balaban J connectivity index is 1.76. The van der Waals surface area contributed by atoms with Crippen molar-refractivity contribution >= 4 is 11.8 Å². The van der Waals surface area contributed by atoms with Gasteiger partial charge in [0, 0.05) is 25.9 Å². The van der Waals surface area contributed by atoms with Crippen LogP contribution < -0.4 is 5.32 Å². The molecule has 1 aliphatic rings. The fourth-order valence-electron chi connectivity index (χ4n) is 4.59. The summed E-state index contributed by atoms with van der Waals surface area (Å²) in [6, 6.07) is 15.8. The summed E-state index contributed by atoms with van der Waals surface area (Å²) in [4.78, 5) is 26.1. The summed E-state index contributed by atoms with van der Waals surface area (Å²) in [6.07, 6.45) is 2.01. The SMILES string of the molecule is CC(=O)NC[C@]1(c2ccccc2)CC[C@@H](O)[C@H](N(C)C(=O)Cc2cccc(F)c2)CC1. The number of benzene rings is 2. The smallest absolute Gasteiger partial charge is 0.227 e. The molecule has 0 radical (unpaired) electrons. The number of likely N-dealkylation sites (N-methyl/N-ethyl adjacent to an activating group) is 1. The molecule has 0 bridgehead atoms. The molecule has 2 aromatic rings. The molecule has 1 fully saturated rings. The third-order valence-corrected chi connectivity index (χ3v) is 6.48. The maximum absolute atomic E-state index is 13.5. The predicted octanol–water partition coefficient (Wildman–Crippen LogP) is 3.20. The summed E-state index contributed by atoms with van der Waals surface area (Å²) < 4.78 is 13.5. The molecule has 6 heteroatoms. The minimum absolute atomic E-state index is 0.0842. The minimum Gasteiger partial charge on any atom is -0.391 e. The number of hydrogen-bond donors (Lipinski definition) is 2. The van der Waals surface area contributed by atoms with Crippen molar-refractivity contribution in [3.63, 3.8) is 0 Å². The molecular weight excluding hydrogens is 395 g/mol. The Hall–Kier alpha value is -2.73. The molecule has 2 N–H and O–H groups in total. The van der Waals surface area contributed by atoms with Crippen molar-refractivity contribution in [2.45, 2.75) is 56.6 Å². The van der Waals surface area contributed by atoms with Crippen molar-refractivity contribution in [1.82, 2.24) is 10.2 Å². The summed E-state index contributed by atoms with van der Waals surface area (Å²) in [5.41, 5.74) is 1.45. The first-order chi connectivity index (χ1) is 14.8. The Kier molecular flexibility index (Phi) is 7.44. The van der Waals surface area contributed by atoms with Crippen molar-refractivity contribution in [2.24, 2.45) is 0 Å². The molecule has 0 spiro atoms. The molecule has 2 aromatic carbocycles. The van der Waals surface area contributed by atoms with E-state index in [1.165, 1.54) is 19.1 Å². The van der Waals surface area contributed by atoms with Crippen molar-refractivity contribution in [3.8, 4) is 0 Å². The predicted molar refractivity (Wildman–Crippen MR) is 118 cm³/mol. The zero-order valence-electron chi connectivity index (χ0n) is 18.2. The van der Waals surface area contributed by atoms with Crippen LogP contribution in [-0.4, -0.2) is 47.6 Å². The maximum Gasteiger partial charge on any atom is 0.227 e. The Labute approximate surface area is 183 Å². The van der Waals surface area contributed by atoms with Crippen molar-refractivity contribution in [3.05, 3.63) is 71.5 Å². The van der Waals surface area contributed by atoms with Gasteiger partial charge in [-0.2, -0.15) is 0 Å². The third kappa shape index (κ3) is 5.70. The van der Waals surface area contributed by atoms with Gasteiger partial charge in [-0.25, -0.2) is 4.39 Å². The van der Waals surface area contributed by atoms with Crippen LogP contribution in [0.3, 0.4) is 0 Å². The zero-order chi connectivity index (χ0) is 22.4. The van der Waals surface area contributed by atoms with E-state index in [1.54, 1.807) is 24.1 Å². The van der Waals surface area contributed by atoms with Gasteiger partial charge >= 0.3 is 0 Å². The number of nitrogens with one attached hydrogen (secondary N) is 1. The van der Waals surface area contributed by atoms with Crippen LogP contribution in [0.4, 0.5) is 4.39 Å². The molecule has 0 unspecified atom stereocenters. The van der Waals surface area contributed by atoms with E-state index in [2.05, 4.69) is 17.4 Å². The Morgan fingerprint density at radius 1 is 1.13 bits per heavy atom. The normalized spacial score (nSPS) is 23.6. The van der Waals surface area contributed by atoms with Crippen molar-refractivity contribution in [2.75, 3.05) is 13.6 Å². The van der Waals surface area contributed by atoms with Crippen molar-refractivity contribution in [1.29, 1.82) is 0 Å². The second-order valence-electron chi connectivity index (χ2n) is 8.58. The molecule has 2 amide bonds. The highest BCUT2D eigenvalue weighted by molar-refractivity contribution is 5.79. The molecule has 0 aromatic heterocycles. The second-order valence-corrected chi connectivity index (χ2v) is 8.58. The second kappa shape index (κ2) is 10.1. The molecule has 3 atom stereocenters. The lowest BCUT2D eigenvalue weighted by Crippen LogP contribution is -2.45. The Bertz CT molecular complexity index is 905. The van der Waals surface area contributed by atoms with Gasteiger partial charge in [-0.05, 0) is 48.9 Å². The first-order valence-electron chi connectivity index (χ1n) is 10.8. The van der Waals surface area contributed by atoms with Gasteiger partial charge in [0.2, 0.25) is 11.8 Å². The van der Waals surface area contributed by atoms with Crippen LogP contribution in [-0.2, 0) is 21.4 Å². The highest BCUT2D eigenvalue weighted by atomic mass is 19.1. The number of amides is 2. The average Bonchev–Trinajstić information content (AvgIpc) is 2.92. The van der Waals surface area contributed by atoms with Crippen molar-refractivity contribution < 1.29 is 19.1 Å². The lowest BCUT2D eigenvalue weighted by Gasteiger charge is -2.34. The van der Waals surface area contributed by atoms with Crippen LogP contribution in [0.25, 0.3) is 0 Å². The number of hydrogen-bond acceptors (Lipinski definition) is 3. The molecule has 31 heavy (non-hydrogen) atoms. The van der Waals surface area contributed by atoms with Crippen LogP contribution in [0, 0.1) is 5.82 Å². The van der Waals surface area contributed by atoms with Crippen LogP contribution in [0.1, 0.15) is 43.7 Å². The number of rotatable bonds is 6. The quantitative estimate of drug-likeness (QED) is 0.697. The Morgan fingerprint density at radius 2 is 1.84 bits per heavy atom. The van der Waals surface area contributed by atoms with E-state index < -0.39 is 6.10 Å². The van der Waals surface area contributed by atoms with Crippen LogP contribution in [0.15, 0.2) is 54.6 Å². The number of aliphatic hydroxyl groups is 1. The Morgan fingerprint density at radius 3 is 2.52 bits per heavy atom. The lowest BCUT2D eigenvalue weighted by atomic mass is 9.74. The van der Waals surface area contributed by atoms with E-state index in [0.29, 0.717) is 31.4 Å². The molecular formula is C25H31FN2O3. The summed E-state index contributed by atoms with van der Waals surface area (Å²) >= 11 is 0. The summed E-state index contributed by atoms with van der Waals surface area (Å²) in [6.45, 7) is 2.00. The van der Waals surface area contributed by atoms with E-state index in [0.717, 1.165) is 12.0 Å². The molecule has 5 nitrogen and oxygen atoms in total. The molecule has 0 heterocycles. The zero-order valence-corrected chi connectivity index (χ0v) is 18.2. The lowest BCUT2D eigenvalue weighted by molar-refractivity contribution is -0.133. The standard InChI is InChI=1S/C25H31FN2O3/c1-18(29)27-17-25(20-8-4-3-5-9-20)13-11-22(23(30)12-14-25)28(2)24(31)16-19-7-6-10-21(26)15-19/h3-10,15,22-23,30H,11-14,16-17H2,1-2H3,(H,27,29)/t22-,23-,25-/m1/s1. The van der Waals surface area contributed by atoms with Crippen LogP contribution in [0.2, 0.25) is 0 Å². The maximum atomic E-state index is 13.5. The first kappa shape index (κ1) is 22.9. The number of halogens is 1. The van der Waals surface area contributed by atoms with Crippen LogP contribution >= 0.6 is 0 Å². The summed E-state index contributed by atoms with van der Waals surface area (Å²) in [5.74, 6) is -0.601. The number of carbonyl (C=O) groups is 2. The minimum atomic E-state index is -0.663. The van der Waals surface area contributed by atoms with E-state index in [9.17, 15) is 19.1 Å². The highest BCUT2D eigenvalue weighted by Crippen LogP contribution is 2.39. The van der Waals surface area contributed by atoms with E-state index in [-0.39, 0.29) is 35.5 Å². The van der Waals surface area contributed by atoms with Gasteiger partial charge in [0.15, 0.2) is 0 Å². The largest absolute Gasteiger partial charge is 0.391 e. The molecule has 1 saturated carbocycles. The van der Waals surface area contributed by atoms with E-state index in [4.69, 9.17) is 0 Å². The average molecular weight is 427 g/mol. The monoisotopic (exact) mass is 426 g/mol. The molecule has 3 rings (SSSR count). The van der Waals surface area contributed by atoms with Gasteiger partial charge in [-0.1, -0.05) is 42.5 Å². The molecule has 0 saturated heterocycles. The number of aliphatic hydroxyl groups excluding tert-OH is 1. The van der Waals surface area contributed by atoms with E-state index in [1.807, 2.05) is 18.2 Å². The number of nitrogens with zero attached hydrogens (tertiary/aromatic N) is 1. The summed E-state index contributed by atoms with van der Waals surface area (Å²) in [7, 11) is 1.71. The molecule has 1 aliphatic carbocycles. The molecule has 166 valence electrons. The highest BCUT2D eigenvalue weighted by Gasteiger charge is 2.39. The van der Waals surface area contributed by atoms with Gasteiger partial charge in [-0.3, -0.25) is 9.59 Å². The van der Waals surface area contributed by atoms with Gasteiger partial charge in [0.1, 0.15) is 5.82 Å². The topological polar surface area (TPSA) is 69.6 Å². The number of carbonyl (C=O) groups excluding carboxylic acids is 2. The van der Waals surface area contributed by atoms with E-state index >= 15 is 0 Å². The van der Waals surface area contributed by atoms with Crippen LogP contribution in [0.5, 0.6) is 0 Å². The molecule has 0 aliphatic heterocycles. The van der Waals surface area contributed by atoms with Gasteiger partial charge in [0.25, 0.3) is 0 Å². The fourth-order valence-corrected chi connectivity index (χ4v) is 4.59. The first-order valence-corrected chi connectivity index (χ1v) is 10.8. The van der Waals surface area contributed by atoms with Gasteiger partial charge in [0.05, 0.1) is 18.6 Å². The third-order valence-electron chi connectivity index (χ3n) is 6.48. The summed E-state index contributed by atoms with van der Waals surface area (Å²) in [5, 5.41) is 13.9.